The van der Waals surface area contributed by atoms with E-state index in [1.165, 1.54) is 11.1 Å². The number of allylic oxidation sites excluding steroid dienone is 2. The van der Waals surface area contributed by atoms with Crippen molar-refractivity contribution in [1.29, 1.82) is 0 Å². The minimum absolute atomic E-state index is 0.00269. The van der Waals surface area contributed by atoms with Crippen LogP contribution in [-0.2, 0) is 4.79 Å². The Morgan fingerprint density at radius 1 is 1.04 bits per heavy atom. The maximum Gasteiger partial charge on any atom is 0.167 e. The topological polar surface area (TPSA) is 29.5 Å². The molecule has 0 fully saturated rings. The van der Waals surface area contributed by atoms with Crippen LogP contribution in [0.15, 0.2) is 66.5 Å². The van der Waals surface area contributed by atoms with Crippen LogP contribution in [0.5, 0.6) is 5.75 Å². The van der Waals surface area contributed by atoms with Crippen molar-refractivity contribution in [3.63, 3.8) is 0 Å². The molecule has 2 atom stereocenters. The van der Waals surface area contributed by atoms with Gasteiger partial charge in [-0.3, -0.25) is 4.79 Å². The Kier molecular flexibility index (Phi) is 3.49. The molecule has 0 radical (unpaired) electrons. The largest absolute Gasteiger partial charge is 0.497 e. The van der Waals surface area contributed by atoms with Crippen molar-refractivity contribution in [2.75, 3.05) is 7.11 Å². The van der Waals surface area contributed by atoms with Crippen LogP contribution in [0.1, 0.15) is 35.6 Å². The van der Waals surface area contributed by atoms with E-state index >= 15 is 0 Å². The summed E-state index contributed by atoms with van der Waals surface area (Å²) < 4.78 is 5.24. The number of fused-ring (bicyclic) bond motifs is 3. The highest BCUT2D eigenvalue weighted by Crippen LogP contribution is 2.45. The lowest BCUT2D eigenvalue weighted by atomic mass is 9.78. The number of nitrogens with zero attached hydrogens (tertiary/aromatic N) is 1. The predicted molar refractivity (Wildman–Crippen MR) is 94.6 cm³/mol. The van der Waals surface area contributed by atoms with Gasteiger partial charge in [0.25, 0.3) is 0 Å². The minimum atomic E-state index is -0.217. The number of ketones is 1. The van der Waals surface area contributed by atoms with Gasteiger partial charge in [0.2, 0.25) is 0 Å². The average Bonchev–Trinajstić information content (AvgIpc) is 2.62. The van der Waals surface area contributed by atoms with E-state index in [1.807, 2.05) is 43.3 Å². The maximum absolute atomic E-state index is 12.9. The molecule has 120 valence electrons. The summed E-state index contributed by atoms with van der Waals surface area (Å²) in [6.45, 7) is 1.99. The number of benzene rings is 2. The molecular weight excluding hydrogens is 298 g/mol. The fourth-order valence-electron chi connectivity index (χ4n) is 3.70. The van der Waals surface area contributed by atoms with Crippen LogP contribution in [0.25, 0.3) is 6.08 Å². The van der Waals surface area contributed by atoms with Gasteiger partial charge in [-0.05, 0) is 41.8 Å². The second-order valence-electron chi connectivity index (χ2n) is 6.24. The zero-order valence-corrected chi connectivity index (χ0v) is 13.8. The summed E-state index contributed by atoms with van der Waals surface area (Å²) in [5.74, 6) is 0.740. The first kappa shape index (κ1) is 14.8. The second kappa shape index (κ2) is 5.68. The van der Waals surface area contributed by atoms with Crippen molar-refractivity contribution in [2.45, 2.75) is 18.9 Å². The first-order valence-corrected chi connectivity index (χ1v) is 8.10. The molecule has 0 N–H and O–H groups in total. The van der Waals surface area contributed by atoms with E-state index < -0.39 is 0 Å². The van der Waals surface area contributed by atoms with Crippen molar-refractivity contribution < 1.29 is 9.53 Å². The van der Waals surface area contributed by atoms with Crippen LogP contribution in [0.4, 0.5) is 0 Å². The minimum Gasteiger partial charge on any atom is -0.497 e. The van der Waals surface area contributed by atoms with Gasteiger partial charge in [0.05, 0.1) is 19.1 Å². The molecule has 0 spiro atoms. The van der Waals surface area contributed by atoms with Gasteiger partial charge in [-0.2, -0.15) is 0 Å². The molecule has 0 amide bonds. The van der Waals surface area contributed by atoms with Gasteiger partial charge >= 0.3 is 0 Å². The van der Waals surface area contributed by atoms with E-state index in [-0.39, 0.29) is 17.7 Å². The number of rotatable bonds is 2. The fourth-order valence-corrected chi connectivity index (χ4v) is 3.70. The molecule has 2 aliphatic heterocycles. The summed E-state index contributed by atoms with van der Waals surface area (Å²) in [6.07, 6.45) is 5.95. The molecule has 2 aromatic carbocycles. The summed E-state index contributed by atoms with van der Waals surface area (Å²) in [7, 11) is 1.65. The number of hydrogen-bond acceptors (Lipinski definition) is 3. The normalized spacial score (nSPS) is 21.8. The second-order valence-corrected chi connectivity index (χ2v) is 6.24. The summed E-state index contributed by atoms with van der Waals surface area (Å²) in [5.41, 5.74) is 4.38. The standard InChI is InChI=1S/C21H19NO2/c1-14-13-19(23)20(16-7-9-17(24-2)10-8-16)21-18-6-4-3-5-15(18)11-12-22(14)21/h3-13,20-21H,1-2H3. The number of hydrogen-bond donors (Lipinski definition) is 0. The van der Waals surface area contributed by atoms with E-state index in [2.05, 4.69) is 29.3 Å². The van der Waals surface area contributed by atoms with E-state index in [0.717, 1.165) is 17.0 Å². The van der Waals surface area contributed by atoms with E-state index in [1.54, 1.807) is 13.2 Å². The molecule has 3 nitrogen and oxygen atoms in total. The summed E-state index contributed by atoms with van der Waals surface area (Å²) >= 11 is 0. The molecule has 2 heterocycles. The van der Waals surface area contributed by atoms with Gasteiger partial charge in [-0.1, -0.05) is 36.4 Å². The maximum atomic E-state index is 12.9. The summed E-state index contributed by atoms with van der Waals surface area (Å²) in [4.78, 5) is 15.1. The Morgan fingerprint density at radius 2 is 1.79 bits per heavy atom. The van der Waals surface area contributed by atoms with E-state index in [9.17, 15) is 4.79 Å². The zero-order valence-electron chi connectivity index (χ0n) is 13.8. The van der Waals surface area contributed by atoms with Crippen LogP contribution in [0.2, 0.25) is 0 Å². The van der Waals surface area contributed by atoms with Gasteiger partial charge in [0, 0.05) is 18.0 Å². The van der Waals surface area contributed by atoms with Crippen LogP contribution in [-0.4, -0.2) is 17.8 Å². The highest BCUT2D eigenvalue weighted by Gasteiger charge is 2.39. The first-order chi connectivity index (χ1) is 11.7. The molecule has 2 unspecified atom stereocenters. The molecule has 2 aromatic rings. The summed E-state index contributed by atoms with van der Waals surface area (Å²) in [5, 5.41) is 0. The van der Waals surface area contributed by atoms with Crippen molar-refractivity contribution in [1.82, 2.24) is 4.90 Å². The predicted octanol–water partition coefficient (Wildman–Crippen LogP) is 4.29. The highest BCUT2D eigenvalue weighted by atomic mass is 16.5. The summed E-state index contributed by atoms with van der Waals surface area (Å²) in [6, 6.07) is 16.1. The first-order valence-electron chi connectivity index (χ1n) is 8.10. The molecule has 4 rings (SSSR count). The molecular formula is C21H19NO2. The van der Waals surface area contributed by atoms with Gasteiger partial charge in [0.15, 0.2) is 5.78 Å². The Bertz CT molecular complexity index is 848. The van der Waals surface area contributed by atoms with Crippen LogP contribution < -0.4 is 4.74 Å². The third-order valence-electron chi connectivity index (χ3n) is 4.88. The average molecular weight is 317 g/mol. The lowest BCUT2D eigenvalue weighted by molar-refractivity contribution is -0.118. The molecule has 0 aliphatic carbocycles. The Hall–Kier alpha value is -2.81. The molecule has 0 bridgehead atoms. The monoisotopic (exact) mass is 317 g/mol. The molecule has 3 heteroatoms. The lowest BCUT2D eigenvalue weighted by Crippen LogP contribution is -2.37. The van der Waals surface area contributed by atoms with Crippen molar-refractivity contribution in [2.24, 2.45) is 0 Å². The van der Waals surface area contributed by atoms with Crippen molar-refractivity contribution in [3.8, 4) is 5.75 Å². The molecule has 0 saturated carbocycles. The van der Waals surface area contributed by atoms with Gasteiger partial charge < -0.3 is 9.64 Å². The number of carbonyl (C=O) groups is 1. The number of carbonyl (C=O) groups excluding carboxylic acids is 1. The number of methoxy groups -OCH3 is 1. The van der Waals surface area contributed by atoms with Crippen LogP contribution in [0, 0.1) is 0 Å². The zero-order chi connectivity index (χ0) is 16.7. The highest BCUT2D eigenvalue weighted by molar-refractivity contribution is 5.98. The van der Waals surface area contributed by atoms with Crippen molar-refractivity contribution in [3.05, 3.63) is 83.2 Å². The van der Waals surface area contributed by atoms with Crippen LogP contribution in [0.3, 0.4) is 0 Å². The Balaban J connectivity index is 1.86. The van der Waals surface area contributed by atoms with E-state index in [0.29, 0.717) is 0 Å². The van der Waals surface area contributed by atoms with Crippen molar-refractivity contribution >= 4 is 11.9 Å². The third kappa shape index (κ3) is 2.24. The fraction of sp³-hybridized carbons (Fsp3) is 0.190. The molecule has 24 heavy (non-hydrogen) atoms. The van der Waals surface area contributed by atoms with Gasteiger partial charge in [-0.25, -0.2) is 0 Å². The van der Waals surface area contributed by atoms with Gasteiger partial charge in [-0.15, -0.1) is 0 Å². The molecule has 0 aromatic heterocycles. The number of ether oxygens (including phenoxy) is 1. The third-order valence-corrected chi connectivity index (χ3v) is 4.88. The Morgan fingerprint density at radius 3 is 2.54 bits per heavy atom. The quantitative estimate of drug-likeness (QED) is 0.827. The smallest absolute Gasteiger partial charge is 0.167 e. The van der Waals surface area contributed by atoms with Crippen LogP contribution >= 0.6 is 0 Å². The van der Waals surface area contributed by atoms with Gasteiger partial charge in [0.1, 0.15) is 5.75 Å². The van der Waals surface area contributed by atoms with E-state index in [4.69, 9.17) is 4.74 Å². The Labute approximate surface area is 141 Å². The lowest BCUT2D eigenvalue weighted by Gasteiger charge is -2.42. The molecule has 0 saturated heterocycles. The molecule has 2 aliphatic rings. The SMILES string of the molecule is COc1ccc(C2C(=O)C=C(C)N3C=Cc4ccccc4C23)cc1.